The van der Waals surface area contributed by atoms with E-state index in [4.69, 9.17) is 4.79 Å². The Hall–Kier alpha value is -2.74. The Morgan fingerprint density at radius 3 is 2.00 bits per heavy atom. The van der Waals surface area contributed by atoms with Crippen molar-refractivity contribution in [2.45, 2.75) is 105 Å². The number of aromatic nitrogens is 1. The van der Waals surface area contributed by atoms with Gasteiger partial charge in [0.2, 0.25) is 18.7 Å². The van der Waals surface area contributed by atoms with Gasteiger partial charge in [-0.3, -0.25) is 14.4 Å². The maximum absolute atomic E-state index is 11.6. The number of hydrogen-bond donors (Lipinski definition) is 2. The van der Waals surface area contributed by atoms with Crippen LogP contribution in [0, 0.1) is 12.3 Å². The largest absolute Gasteiger partial charge is 0.372 e. The van der Waals surface area contributed by atoms with Gasteiger partial charge in [-0.25, -0.2) is 4.98 Å². The van der Waals surface area contributed by atoms with E-state index in [9.17, 15) is 9.59 Å². The lowest BCUT2D eigenvalue weighted by Crippen LogP contribution is -2.30. The summed E-state index contributed by atoms with van der Waals surface area (Å²) >= 11 is 1.66. The Kier molecular flexibility index (Phi) is 15.6. The lowest BCUT2D eigenvalue weighted by molar-refractivity contribution is -0.132. The number of likely N-dealkylation sites (tertiary alicyclic amines) is 1. The van der Waals surface area contributed by atoms with Gasteiger partial charge in [0, 0.05) is 19.5 Å². The van der Waals surface area contributed by atoms with E-state index in [-0.39, 0.29) is 17.4 Å². The number of nitrogens with two attached hydrogens (primary N) is 1. The van der Waals surface area contributed by atoms with Crippen molar-refractivity contribution < 1.29 is 14.4 Å². The molecule has 7 nitrogen and oxygen atoms in total. The van der Waals surface area contributed by atoms with Gasteiger partial charge in [0.1, 0.15) is 0 Å². The molecule has 1 saturated carbocycles. The number of amides is 3. The second-order valence-corrected chi connectivity index (χ2v) is 12.2. The highest BCUT2D eigenvalue weighted by atomic mass is 32.1. The number of carbonyl (C=O) groups excluding carboxylic acids is 3. The summed E-state index contributed by atoms with van der Waals surface area (Å²) in [5, 5.41) is 2.92. The number of carbonyl (C=O) groups is 3. The van der Waals surface area contributed by atoms with E-state index < -0.39 is 0 Å². The van der Waals surface area contributed by atoms with Crippen LogP contribution < -0.4 is 11.1 Å². The maximum Gasteiger partial charge on any atom is 0.223 e. The molecule has 1 saturated heterocycles. The van der Waals surface area contributed by atoms with Crippen LogP contribution in [0.4, 0.5) is 0 Å². The molecule has 2 aliphatic rings. The summed E-state index contributed by atoms with van der Waals surface area (Å²) in [4.78, 5) is 38.3. The number of primary amides is 1. The van der Waals surface area contributed by atoms with Gasteiger partial charge < -0.3 is 16.0 Å². The summed E-state index contributed by atoms with van der Waals surface area (Å²) in [7, 11) is 0. The zero-order valence-corrected chi connectivity index (χ0v) is 25.7. The summed E-state index contributed by atoms with van der Waals surface area (Å²) < 4.78 is 0. The van der Waals surface area contributed by atoms with E-state index in [2.05, 4.69) is 74.9 Å². The highest BCUT2D eigenvalue weighted by molar-refractivity contribution is 7.13. The fraction of sp³-hybridized carbons (Fsp3) is 0.613. The number of hydrogen-bond acceptors (Lipinski definition) is 5. The average molecular weight is 559 g/mol. The smallest absolute Gasteiger partial charge is 0.223 e. The van der Waals surface area contributed by atoms with Gasteiger partial charge in [0.05, 0.1) is 21.6 Å². The molecule has 1 aromatic heterocycles. The first-order valence-corrected chi connectivity index (χ1v) is 15.1. The fourth-order valence-corrected chi connectivity index (χ4v) is 5.12. The number of nitrogens with zero attached hydrogens (tertiary/aromatic N) is 2. The van der Waals surface area contributed by atoms with Crippen molar-refractivity contribution in [3.63, 3.8) is 0 Å². The molecule has 0 radical (unpaired) electrons. The first-order valence-electron chi connectivity index (χ1n) is 14.2. The van der Waals surface area contributed by atoms with Crippen LogP contribution in [0.2, 0.25) is 0 Å². The molecular formula is C31H50N4O3S. The summed E-state index contributed by atoms with van der Waals surface area (Å²) in [6, 6.07) is 8.45. The van der Waals surface area contributed by atoms with Crippen LogP contribution in [-0.4, -0.2) is 41.7 Å². The van der Waals surface area contributed by atoms with Crippen molar-refractivity contribution in [1.82, 2.24) is 15.2 Å². The van der Waals surface area contributed by atoms with Gasteiger partial charge in [-0.2, -0.15) is 0 Å². The molecule has 1 aromatic carbocycles. The second-order valence-electron chi connectivity index (χ2n) is 11.4. The minimum absolute atomic E-state index is 0.0942. The molecule has 2 aromatic rings. The highest BCUT2D eigenvalue weighted by Gasteiger charge is 2.43. The molecule has 3 amide bonds. The summed E-state index contributed by atoms with van der Waals surface area (Å²) in [5.74, 6) is 0.333. The van der Waals surface area contributed by atoms with Crippen LogP contribution in [0.1, 0.15) is 104 Å². The van der Waals surface area contributed by atoms with Crippen LogP contribution in [0.25, 0.3) is 10.4 Å². The molecule has 218 valence electrons. The van der Waals surface area contributed by atoms with Gasteiger partial charge in [-0.05, 0) is 49.1 Å². The Bertz CT molecular complexity index is 968. The van der Waals surface area contributed by atoms with Crippen LogP contribution in [0.3, 0.4) is 0 Å². The Morgan fingerprint density at radius 2 is 1.62 bits per heavy atom. The molecule has 1 aliphatic heterocycles. The molecule has 0 unspecified atom stereocenters. The van der Waals surface area contributed by atoms with Gasteiger partial charge in [0.15, 0.2) is 0 Å². The van der Waals surface area contributed by atoms with Crippen molar-refractivity contribution in [2.75, 3.05) is 13.1 Å². The molecule has 8 heteroatoms. The topological polar surface area (TPSA) is 105 Å². The van der Waals surface area contributed by atoms with Crippen LogP contribution in [0.15, 0.2) is 29.8 Å². The van der Waals surface area contributed by atoms with E-state index in [0.717, 1.165) is 38.0 Å². The summed E-state index contributed by atoms with van der Waals surface area (Å²) in [6.07, 6.45) is 11.7. The van der Waals surface area contributed by atoms with Gasteiger partial charge in [-0.1, -0.05) is 84.6 Å². The molecule has 2 heterocycles. The number of thiazole rings is 1. The first kappa shape index (κ1) is 34.3. The van der Waals surface area contributed by atoms with E-state index in [1.807, 2.05) is 17.3 Å². The molecule has 0 bridgehead atoms. The maximum atomic E-state index is 11.6. The van der Waals surface area contributed by atoms with Crippen LogP contribution >= 0.6 is 11.3 Å². The van der Waals surface area contributed by atoms with Crippen molar-refractivity contribution in [1.29, 1.82) is 0 Å². The molecule has 1 aliphatic carbocycles. The Balaban J connectivity index is 0.000000313. The predicted octanol–water partition coefficient (Wildman–Crippen LogP) is 6.59. The zero-order valence-electron chi connectivity index (χ0n) is 24.9. The molecule has 2 fully saturated rings. The first-order chi connectivity index (χ1) is 18.6. The van der Waals surface area contributed by atoms with Gasteiger partial charge in [0.25, 0.3) is 0 Å². The van der Waals surface area contributed by atoms with Crippen LogP contribution in [-0.2, 0) is 19.9 Å². The molecule has 0 spiro atoms. The van der Waals surface area contributed by atoms with Gasteiger partial charge >= 0.3 is 0 Å². The van der Waals surface area contributed by atoms with Crippen molar-refractivity contribution in [2.24, 2.45) is 11.1 Å². The third-order valence-corrected chi connectivity index (χ3v) is 7.61. The van der Waals surface area contributed by atoms with E-state index >= 15 is 0 Å². The minimum atomic E-state index is -0.0942. The minimum Gasteiger partial charge on any atom is -0.372 e. The van der Waals surface area contributed by atoms with Crippen LogP contribution in [0.5, 0.6) is 0 Å². The Labute approximate surface area is 240 Å². The quantitative estimate of drug-likeness (QED) is 0.282. The molecule has 39 heavy (non-hydrogen) atoms. The van der Waals surface area contributed by atoms with Crippen molar-refractivity contribution in [3.05, 3.63) is 41.0 Å². The number of rotatable bonds is 8. The van der Waals surface area contributed by atoms with E-state index in [1.165, 1.54) is 54.5 Å². The Morgan fingerprint density at radius 1 is 1.08 bits per heavy atom. The summed E-state index contributed by atoms with van der Waals surface area (Å²) in [5.41, 5.74) is 9.54. The molecule has 0 atom stereocenters. The van der Waals surface area contributed by atoms with E-state index in [1.54, 1.807) is 11.3 Å². The number of unbranched alkanes of at least 4 members (excludes halogenated alkanes) is 3. The lowest BCUT2D eigenvalue weighted by atomic mass is 9.92. The highest BCUT2D eigenvalue weighted by Crippen LogP contribution is 2.45. The van der Waals surface area contributed by atoms with Crippen molar-refractivity contribution >= 4 is 30.1 Å². The molecule has 4 rings (SSSR count). The number of aryl methyl sites for hydroxylation is 1. The van der Waals surface area contributed by atoms with Crippen molar-refractivity contribution in [3.8, 4) is 10.4 Å². The standard InChI is InChI=1S/C14H14N2OS.C10H19NO.C6H14.CH3NO/c1-10-13(18-9-15-10)11-2-4-12(5-3-11)14(6-7-14)16-8-17;1-10(2,3)8-9(12)11-6-4-5-7-11;1-3-5-6-4-2;2-1-3/h2-5,8-9H,6-7H2,1H3,(H,16,17);4-8H2,1-3H3;3-6H2,1-2H3;1H,(H2,2,3). The second kappa shape index (κ2) is 17.8. The monoisotopic (exact) mass is 558 g/mol. The SMILES string of the molecule is CC(C)(C)CC(=O)N1CCCC1.CCCCCC.Cc1ncsc1-c1ccc(C2(NC=O)CC2)cc1.NC=O. The molecule has 3 N–H and O–H groups in total. The third-order valence-electron chi connectivity index (χ3n) is 6.63. The predicted molar refractivity (Wildman–Crippen MR) is 162 cm³/mol. The average Bonchev–Trinajstić information content (AvgIpc) is 3.27. The lowest BCUT2D eigenvalue weighted by Gasteiger charge is -2.22. The normalized spacial score (nSPS) is 14.9. The van der Waals surface area contributed by atoms with Gasteiger partial charge in [-0.15, -0.1) is 11.3 Å². The fourth-order valence-electron chi connectivity index (χ4n) is 4.31. The zero-order chi connectivity index (χ0) is 29.3. The van der Waals surface area contributed by atoms with E-state index in [0.29, 0.717) is 12.3 Å². The number of nitrogens with one attached hydrogen (secondary N) is 1. The third kappa shape index (κ3) is 12.8. The number of benzene rings is 1. The molecular weight excluding hydrogens is 508 g/mol. The summed E-state index contributed by atoms with van der Waals surface area (Å²) in [6.45, 7) is 14.8.